The fraction of sp³-hybridized carbons (Fsp3) is 0.765. The van der Waals surface area contributed by atoms with Crippen LogP contribution in [-0.4, -0.2) is 59.4 Å². The van der Waals surface area contributed by atoms with Gasteiger partial charge in [-0.3, -0.25) is 14.4 Å². The van der Waals surface area contributed by atoms with Gasteiger partial charge in [0.05, 0.1) is 19.2 Å². The third kappa shape index (κ3) is 6.28. The molecule has 3 saturated heterocycles. The number of carbonyl (C=O) groups excluding carboxylic acids is 4. The van der Waals surface area contributed by atoms with Crippen molar-refractivity contribution in [3.8, 4) is 0 Å². The molecular weight excluding hydrogens is 358 g/mol. The minimum absolute atomic E-state index is 0.0248. The van der Waals surface area contributed by atoms with Crippen molar-refractivity contribution in [1.29, 1.82) is 0 Å². The molecule has 3 aliphatic heterocycles. The molecule has 0 radical (unpaired) electrons. The van der Waals surface area contributed by atoms with E-state index in [1.807, 2.05) is 25.6 Å². The molecule has 4 amide bonds. The van der Waals surface area contributed by atoms with Crippen molar-refractivity contribution in [2.45, 2.75) is 69.7 Å². The van der Waals surface area contributed by atoms with Crippen LogP contribution in [0.1, 0.15) is 52.4 Å². The fourth-order valence-electron chi connectivity index (χ4n) is 2.98. The number of urea groups is 1. The minimum Gasteiger partial charge on any atom is -0.332 e. The summed E-state index contributed by atoms with van der Waals surface area (Å²) >= 11 is 1.93. The number of nitrogens with zero attached hydrogens (tertiary/aromatic N) is 1. The van der Waals surface area contributed by atoms with Crippen LogP contribution in [0.5, 0.6) is 0 Å². The van der Waals surface area contributed by atoms with Gasteiger partial charge in [0.25, 0.3) is 11.8 Å². The summed E-state index contributed by atoms with van der Waals surface area (Å²) in [6.07, 6.45) is 5.36. The lowest BCUT2D eigenvalue weighted by atomic mass is 10.0. The molecule has 3 fully saturated rings. The molecule has 0 aromatic carbocycles. The average molecular weight is 388 g/mol. The molecule has 0 spiro atoms. The molecule has 0 saturated carbocycles. The Labute approximate surface area is 158 Å². The molecule has 9 heteroatoms. The Morgan fingerprint density at radius 3 is 2.35 bits per heavy atom. The highest BCUT2D eigenvalue weighted by molar-refractivity contribution is 8.00. The smallest absolute Gasteiger partial charge is 0.315 e. The Balaban J connectivity index is 0.000000263. The fourth-order valence-corrected chi connectivity index (χ4v) is 4.52. The van der Waals surface area contributed by atoms with Crippen molar-refractivity contribution in [2.24, 2.45) is 0 Å². The van der Waals surface area contributed by atoms with Gasteiger partial charge in [-0.15, -0.1) is 0 Å². The van der Waals surface area contributed by atoms with E-state index in [0.29, 0.717) is 23.8 Å². The van der Waals surface area contributed by atoms with E-state index in [1.165, 1.54) is 7.11 Å². The molecule has 3 unspecified atom stereocenters. The van der Waals surface area contributed by atoms with Gasteiger partial charge in [-0.1, -0.05) is 20.3 Å². The number of thioether (sulfide) groups is 1. The molecule has 148 valence electrons. The maximum atomic E-state index is 11.1. The molecule has 2 N–H and O–H groups in total. The highest BCUT2D eigenvalue weighted by Gasteiger charge is 2.42. The maximum absolute atomic E-state index is 11.1. The number of hydrogen-bond acceptors (Lipinski definition) is 6. The van der Waals surface area contributed by atoms with Crippen molar-refractivity contribution < 1.29 is 24.0 Å². The van der Waals surface area contributed by atoms with Crippen LogP contribution < -0.4 is 10.6 Å². The molecule has 3 heterocycles. The Morgan fingerprint density at radius 2 is 1.81 bits per heavy atom. The van der Waals surface area contributed by atoms with Crippen LogP contribution in [0.25, 0.3) is 0 Å². The topological polar surface area (TPSA) is 105 Å². The van der Waals surface area contributed by atoms with E-state index in [1.54, 1.807) is 0 Å². The summed E-state index contributed by atoms with van der Waals surface area (Å²) in [5.41, 5.74) is 0. The number of nitrogens with one attached hydrogen (secondary N) is 2. The highest BCUT2D eigenvalue weighted by Crippen LogP contribution is 2.33. The first-order chi connectivity index (χ1) is 12.6. The SMILES string of the molecule is CC.CON1C(=O)CCC1=O.O=CCCCCC1SCC2NC(=O)NC21. The summed E-state index contributed by atoms with van der Waals surface area (Å²) in [6, 6.07) is 0.598. The first-order valence-electron chi connectivity index (χ1n) is 9.09. The zero-order valence-electron chi connectivity index (χ0n) is 15.7. The quantitative estimate of drug-likeness (QED) is 0.311. The lowest BCUT2D eigenvalue weighted by Gasteiger charge is -2.15. The average Bonchev–Trinajstić information content (AvgIpc) is 3.29. The summed E-state index contributed by atoms with van der Waals surface area (Å²) in [7, 11) is 1.31. The Bertz CT molecular complexity index is 487. The number of rotatable bonds is 6. The monoisotopic (exact) mass is 387 g/mol. The molecule has 8 nitrogen and oxygen atoms in total. The van der Waals surface area contributed by atoms with Gasteiger partial charge in [-0.2, -0.15) is 16.8 Å². The van der Waals surface area contributed by atoms with Gasteiger partial charge in [0.15, 0.2) is 0 Å². The van der Waals surface area contributed by atoms with Crippen molar-refractivity contribution in [1.82, 2.24) is 15.7 Å². The minimum atomic E-state index is -0.248. The van der Waals surface area contributed by atoms with Crippen molar-refractivity contribution in [3.05, 3.63) is 0 Å². The van der Waals surface area contributed by atoms with Gasteiger partial charge in [-0.05, 0) is 12.8 Å². The predicted octanol–water partition coefficient (Wildman–Crippen LogP) is 1.63. The second-order valence-electron chi connectivity index (χ2n) is 5.84. The third-order valence-corrected chi connectivity index (χ3v) is 5.70. The number of aldehydes is 1. The van der Waals surface area contributed by atoms with E-state index in [9.17, 15) is 19.2 Å². The van der Waals surface area contributed by atoms with Gasteiger partial charge in [-0.25, -0.2) is 4.79 Å². The molecule has 0 aliphatic carbocycles. The third-order valence-electron chi connectivity index (χ3n) is 4.19. The van der Waals surface area contributed by atoms with E-state index in [-0.39, 0.29) is 30.7 Å². The van der Waals surface area contributed by atoms with Crippen molar-refractivity contribution in [3.63, 3.8) is 0 Å². The lowest BCUT2D eigenvalue weighted by Crippen LogP contribution is -2.36. The maximum Gasteiger partial charge on any atom is 0.315 e. The van der Waals surface area contributed by atoms with Crippen LogP contribution in [0, 0.1) is 0 Å². The number of unbranched alkanes of at least 4 members (excludes halogenated alkanes) is 2. The number of imide groups is 1. The zero-order chi connectivity index (χ0) is 19.5. The summed E-state index contributed by atoms with van der Waals surface area (Å²) in [6.45, 7) is 4.00. The predicted molar refractivity (Wildman–Crippen MR) is 99.5 cm³/mol. The molecule has 3 aliphatic rings. The van der Waals surface area contributed by atoms with Crippen LogP contribution in [-0.2, 0) is 19.2 Å². The largest absolute Gasteiger partial charge is 0.332 e. The lowest BCUT2D eigenvalue weighted by molar-refractivity contribution is -0.179. The first-order valence-corrected chi connectivity index (χ1v) is 10.1. The highest BCUT2D eigenvalue weighted by atomic mass is 32.2. The Morgan fingerprint density at radius 1 is 1.15 bits per heavy atom. The summed E-state index contributed by atoms with van der Waals surface area (Å²) in [5.74, 6) is 0.520. The first kappa shape index (κ1) is 22.4. The molecule has 0 bridgehead atoms. The van der Waals surface area contributed by atoms with E-state index < -0.39 is 0 Å². The standard InChI is InChI=1S/C10H16N2O2S.C5H7NO3.C2H6/c13-5-3-1-2-4-8-9-7(6-15-8)11-10(14)12-9;1-9-6-4(7)2-3-5(6)8;1-2/h5,7-9H,1-4,6H2,(H2,11,12,14);2-3H2,1H3;1-2H3. The van der Waals surface area contributed by atoms with Gasteiger partial charge >= 0.3 is 6.03 Å². The van der Waals surface area contributed by atoms with Crippen LogP contribution >= 0.6 is 11.8 Å². The van der Waals surface area contributed by atoms with Gasteiger partial charge < -0.3 is 15.4 Å². The number of amides is 4. The van der Waals surface area contributed by atoms with Crippen LogP contribution in [0.2, 0.25) is 0 Å². The second-order valence-corrected chi connectivity index (χ2v) is 7.11. The van der Waals surface area contributed by atoms with Crippen LogP contribution in [0.15, 0.2) is 0 Å². The number of hydrogen-bond donors (Lipinski definition) is 2. The van der Waals surface area contributed by atoms with E-state index in [4.69, 9.17) is 0 Å². The number of hydroxylamine groups is 2. The number of carbonyl (C=O) groups is 4. The number of fused-ring (bicyclic) bond motifs is 1. The summed E-state index contributed by atoms with van der Waals surface area (Å²) < 4.78 is 0. The molecule has 3 rings (SSSR count). The van der Waals surface area contributed by atoms with Gasteiger partial charge in [0.1, 0.15) is 6.29 Å². The van der Waals surface area contributed by atoms with E-state index in [2.05, 4.69) is 15.5 Å². The molecule has 0 aromatic heterocycles. The second kappa shape index (κ2) is 11.9. The normalized spacial score (nSPS) is 26.2. The Kier molecular flexibility index (Phi) is 10.3. The summed E-state index contributed by atoms with van der Waals surface area (Å²) in [5, 5.41) is 7.21. The Hall–Kier alpha value is -1.61. The summed E-state index contributed by atoms with van der Waals surface area (Å²) in [4.78, 5) is 46.9. The van der Waals surface area contributed by atoms with E-state index >= 15 is 0 Å². The van der Waals surface area contributed by atoms with Gasteiger partial charge in [0, 0.05) is 30.3 Å². The molecular formula is C17H29N3O5S. The zero-order valence-corrected chi connectivity index (χ0v) is 16.5. The molecule has 26 heavy (non-hydrogen) atoms. The molecule has 0 aromatic rings. The van der Waals surface area contributed by atoms with Crippen LogP contribution in [0.3, 0.4) is 0 Å². The van der Waals surface area contributed by atoms with Crippen molar-refractivity contribution in [2.75, 3.05) is 12.9 Å². The van der Waals surface area contributed by atoms with Gasteiger partial charge in [0.2, 0.25) is 0 Å². The van der Waals surface area contributed by atoms with E-state index in [0.717, 1.165) is 36.4 Å². The molecule has 3 atom stereocenters. The van der Waals surface area contributed by atoms with Crippen molar-refractivity contribution >= 4 is 35.9 Å². The van der Waals surface area contributed by atoms with Crippen LogP contribution in [0.4, 0.5) is 4.79 Å².